The number of nitrogens with one attached hydrogen (secondary N) is 2. The molecule has 0 fully saturated rings. The first kappa shape index (κ1) is 16.7. The van der Waals surface area contributed by atoms with Crippen molar-refractivity contribution in [2.75, 3.05) is 20.4 Å². The number of ether oxygens (including phenoxy) is 2. The maximum atomic E-state index is 11.7. The van der Waals surface area contributed by atoms with Gasteiger partial charge in [-0.3, -0.25) is 0 Å². The first-order chi connectivity index (χ1) is 11.3. The van der Waals surface area contributed by atoms with E-state index in [9.17, 15) is 4.79 Å². The van der Waals surface area contributed by atoms with E-state index in [4.69, 9.17) is 9.47 Å². The third kappa shape index (κ3) is 5.90. The number of amides is 2. The first-order valence-electron chi connectivity index (χ1n) is 7.61. The second-order valence-electron chi connectivity index (χ2n) is 4.96. The standard InChI is InChI=1S/C18H22N2O3/c1-22-16-11-5-6-12-17(16)23-14-20-18(21)19-13-7-10-15-8-3-2-4-9-15/h2-6,8-9,11-12H,7,10,13-14H2,1H3,(H2,19,20,21). The van der Waals surface area contributed by atoms with Gasteiger partial charge in [0.05, 0.1) is 7.11 Å². The fraction of sp³-hybridized carbons (Fsp3) is 0.278. The Morgan fingerprint density at radius 1 is 0.957 bits per heavy atom. The molecule has 23 heavy (non-hydrogen) atoms. The number of methoxy groups -OCH3 is 1. The van der Waals surface area contributed by atoms with Gasteiger partial charge in [-0.05, 0) is 30.5 Å². The molecule has 2 rings (SSSR count). The SMILES string of the molecule is COc1ccccc1OCNC(=O)NCCCc1ccccc1. The highest BCUT2D eigenvalue weighted by molar-refractivity contribution is 5.73. The lowest BCUT2D eigenvalue weighted by Crippen LogP contribution is -2.38. The van der Waals surface area contributed by atoms with Crippen LogP contribution in [0.5, 0.6) is 11.5 Å². The van der Waals surface area contributed by atoms with Crippen molar-refractivity contribution in [1.82, 2.24) is 10.6 Å². The molecule has 5 nitrogen and oxygen atoms in total. The van der Waals surface area contributed by atoms with Crippen molar-refractivity contribution >= 4 is 6.03 Å². The van der Waals surface area contributed by atoms with E-state index < -0.39 is 0 Å². The lowest BCUT2D eigenvalue weighted by atomic mass is 10.1. The molecule has 0 heterocycles. The molecule has 0 saturated carbocycles. The Morgan fingerprint density at radius 2 is 1.65 bits per heavy atom. The molecule has 0 aliphatic rings. The fourth-order valence-electron chi connectivity index (χ4n) is 2.12. The Kier molecular flexibility index (Phi) is 6.78. The monoisotopic (exact) mass is 314 g/mol. The average Bonchev–Trinajstić information content (AvgIpc) is 2.60. The van der Waals surface area contributed by atoms with Gasteiger partial charge in [0, 0.05) is 6.54 Å². The van der Waals surface area contributed by atoms with Gasteiger partial charge in [0.15, 0.2) is 18.2 Å². The minimum absolute atomic E-state index is 0.0882. The first-order valence-corrected chi connectivity index (χ1v) is 7.61. The van der Waals surface area contributed by atoms with Crippen molar-refractivity contribution in [3.8, 4) is 11.5 Å². The van der Waals surface area contributed by atoms with Gasteiger partial charge < -0.3 is 20.1 Å². The predicted molar refractivity (Wildman–Crippen MR) is 89.8 cm³/mol. The van der Waals surface area contributed by atoms with Gasteiger partial charge in [0.1, 0.15) is 0 Å². The molecule has 2 N–H and O–H groups in total. The Balaban J connectivity index is 1.60. The lowest BCUT2D eigenvalue weighted by molar-refractivity contribution is 0.221. The van der Waals surface area contributed by atoms with Gasteiger partial charge in [-0.25, -0.2) is 4.79 Å². The summed E-state index contributed by atoms with van der Waals surface area (Å²) in [6.07, 6.45) is 1.84. The third-order valence-corrected chi connectivity index (χ3v) is 3.30. The van der Waals surface area contributed by atoms with Crippen LogP contribution in [0.2, 0.25) is 0 Å². The number of hydrogen-bond acceptors (Lipinski definition) is 3. The maximum absolute atomic E-state index is 11.7. The van der Waals surface area contributed by atoms with Crippen LogP contribution in [0, 0.1) is 0 Å². The molecule has 0 saturated heterocycles. The summed E-state index contributed by atoms with van der Waals surface area (Å²) in [5.41, 5.74) is 1.27. The van der Waals surface area contributed by atoms with Crippen LogP contribution in [0.4, 0.5) is 4.79 Å². The van der Waals surface area contributed by atoms with Crippen LogP contribution >= 0.6 is 0 Å². The molecule has 0 spiro atoms. The van der Waals surface area contributed by atoms with Gasteiger partial charge in [0.25, 0.3) is 0 Å². The molecule has 0 radical (unpaired) electrons. The van der Waals surface area contributed by atoms with Crippen LogP contribution < -0.4 is 20.1 Å². The zero-order valence-corrected chi connectivity index (χ0v) is 13.2. The summed E-state index contributed by atoms with van der Waals surface area (Å²) in [5, 5.41) is 5.46. The normalized spacial score (nSPS) is 9.96. The van der Waals surface area contributed by atoms with E-state index in [1.807, 2.05) is 30.3 Å². The van der Waals surface area contributed by atoms with E-state index in [0.717, 1.165) is 12.8 Å². The highest BCUT2D eigenvalue weighted by Crippen LogP contribution is 2.25. The summed E-state index contributed by atoms with van der Waals surface area (Å²) in [6.45, 7) is 0.709. The lowest BCUT2D eigenvalue weighted by Gasteiger charge is -2.11. The van der Waals surface area contributed by atoms with Crippen LogP contribution in [0.1, 0.15) is 12.0 Å². The van der Waals surface area contributed by atoms with Crippen LogP contribution in [-0.4, -0.2) is 26.4 Å². The molecule has 122 valence electrons. The molecule has 5 heteroatoms. The third-order valence-electron chi connectivity index (χ3n) is 3.30. The highest BCUT2D eigenvalue weighted by atomic mass is 16.5. The second-order valence-corrected chi connectivity index (χ2v) is 4.96. The molecule has 0 bridgehead atoms. The van der Waals surface area contributed by atoms with E-state index >= 15 is 0 Å². The van der Waals surface area contributed by atoms with Crippen LogP contribution in [-0.2, 0) is 6.42 Å². The molecule has 2 amide bonds. The largest absolute Gasteiger partial charge is 0.493 e. The van der Waals surface area contributed by atoms with Crippen molar-refractivity contribution in [2.24, 2.45) is 0 Å². The van der Waals surface area contributed by atoms with Gasteiger partial charge >= 0.3 is 6.03 Å². The summed E-state index contributed by atoms with van der Waals surface area (Å²) in [5.74, 6) is 1.23. The molecule has 0 aliphatic heterocycles. The van der Waals surface area contributed by atoms with Crippen molar-refractivity contribution in [3.63, 3.8) is 0 Å². The number of carbonyl (C=O) groups is 1. The van der Waals surface area contributed by atoms with Crippen LogP contribution in [0.3, 0.4) is 0 Å². The van der Waals surface area contributed by atoms with E-state index in [1.54, 1.807) is 19.2 Å². The Morgan fingerprint density at radius 3 is 2.39 bits per heavy atom. The Bertz CT molecular complexity index is 602. The number of carbonyl (C=O) groups excluding carboxylic acids is 1. The van der Waals surface area contributed by atoms with Gasteiger partial charge in [0.2, 0.25) is 0 Å². The van der Waals surface area contributed by atoms with E-state index in [2.05, 4.69) is 22.8 Å². The smallest absolute Gasteiger partial charge is 0.317 e. The molecule has 0 aromatic heterocycles. The minimum atomic E-state index is -0.243. The Labute approximate surface area is 136 Å². The number of hydrogen-bond donors (Lipinski definition) is 2. The molecule has 2 aromatic carbocycles. The number of rotatable bonds is 8. The predicted octanol–water partition coefficient (Wildman–Crippen LogP) is 2.96. The van der Waals surface area contributed by atoms with E-state index in [1.165, 1.54) is 5.56 Å². The van der Waals surface area contributed by atoms with Gasteiger partial charge in [-0.2, -0.15) is 0 Å². The molecule has 0 unspecified atom stereocenters. The Hall–Kier alpha value is -2.69. The van der Waals surface area contributed by atoms with E-state index in [0.29, 0.717) is 18.0 Å². The average molecular weight is 314 g/mol. The summed E-state index contributed by atoms with van der Waals surface area (Å²) in [4.78, 5) is 11.7. The van der Waals surface area contributed by atoms with Crippen molar-refractivity contribution in [3.05, 3.63) is 60.2 Å². The van der Waals surface area contributed by atoms with E-state index in [-0.39, 0.29) is 12.8 Å². The molecular weight excluding hydrogens is 292 g/mol. The summed E-state index contributed by atoms with van der Waals surface area (Å²) in [7, 11) is 1.58. The number of aryl methyl sites for hydroxylation is 1. The quantitative estimate of drug-likeness (QED) is 0.582. The van der Waals surface area contributed by atoms with Gasteiger partial charge in [-0.15, -0.1) is 0 Å². The maximum Gasteiger partial charge on any atom is 0.317 e. The molecule has 2 aromatic rings. The topological polar surface area (TPSA) is 59.6 Å². The summed E-state index contributed by atoms with van der Waals surface area (Å²) >= 11 is 0. The fourth-order valence-corrected chi connectivity index (χ4v) is 2.12. The second kappa shape index (κ2) is 9.35. The number of benzene rings is 2. The van der Waals surface area contributed by atoms with Crippen LogP contribution in [0.15, 0.2) is 54.6 Å². The van der Waals surface area contributed by atoms with Crippen molar-refractivity contribution in [1.29, 1.82) is 0 Å². The number of urea groups is 1. The molecule has 0 atom stereocenters. The number of para-hydroxylation sites is 2. The van der Waals surface area contributed by atoms with Gasteiger partial charge in [-0.1, -0.05) is 42.5 Å². The minimum Gasteiger partial charge on any atom is -0.493 e. The molecule has 0 aliphatic carbocycles. The van der Waals surface area contributed by atoms with Crippen molar-refractivity contribution in [2.45, 2.75) is 12.8 Å². The zero-order chi connectivity index (χ0) is 16.3. The summed E-state index contributed by atoms with van der Waals surface area (Å²) in [6, 6.07) is 17.3. The van der Waals surface area contributed by atoms with Crippen molar-refractivity contribution < 1.29 is 14.3 Å². The van der Waals surface area contributed by atoms with Crippen LogP contribution in [0.25, 0.3) is 0 Å². The molecular formula is C18H22N2O3. The zero-order valence-electron chi connectivity index (χ0n) is 13.2. The highest BCUT2D eigenvalue weighted by Gasteiger charge is 2.03. The summed E-state index contributed by atoms with van der Waals surface area (Å²) < 4.78 is 10.6.